The molecule has 0 aliphatic carbocycles. The van der Waals surface area contributed by atoms with E-state index in [0.717, 1.165) is 13.0 Å². The van der Waals surface area contributed by atoms with Crippen molar-refractivity contribution >= 4 is 23.2 Å². The summed E-state index contributed by atoms with van der Waals surface area (Å²) in [6.45, 7) is 3.04. The van der Waals surface area contributed by atoms with Crippen molar-refractivity contribution in [3.05, 3.63) is 18.6 Å². The van der Waals surface area contributed by atoms with Crippen LogP contribution in [0.5, 0.6) is 0 Å². The van der Waals surface area contributed by atoms with Gasteiger partial charge in [0.2, 0.25) is 5.91 Å². The number of anilines is 2. The Hall–Kier alpha value is -2.31. The predicted molar refractivity (Wildman–Crippen MR) is 78.6 cm³/mol. The second-order valence-electron chi connectivity index (χ2n) is 4.86. The Labute approximate surface area is 118 Å². The van der Waals surface area contributed by atoms with Gasteiger partial charge in [0.05, 0.1) is 12.7 Å². The van der Waals surface area contributed by atoms with Crippen LogP contribution in [0.25, 0.3) is 5.65 Å². The highest BCUT2D eigenvalue weighted by Crippen LogP contribution is 2.19. The van der Waals surface area contributed by atoms with Crippen LogP contribution in [-0.4, -0.2) is 52.4 Å². The maximum Gasteiger partial charge on any atom is 0.241 e. The normalized spacial score (nSPS) is 10.8. The van der Waals surface area contributed by atoms with E-state index >= 15 is 0 Å². The Morgan fingerprint density at radius 3 is 2.85 bits per heavy atom. The fourth-order valence-corrected chi connectivity index (χ4v) is 1.98. The second-order valence-corrected chi connectivity index (χ2v) is 4.86. The number of imidazole rings is 1. The van der Waals surface area contributed by atoms with Gasteiger partial charge in [0, 0.05) is 33.0 Å². The van der Waals surface area contributed by atoms with Crippen LogP contribution in [0.4, 0.5) is 11.6 Å². The van der Waals surface area contributed by atoms with E-state index in [-0.39, 0.29) is 12.5 Å². The zero-order valence-corrected chi connectivity index (χ0v) is 12.1. The smallest absolute Gasteiger partial charge is 0.241 e. The van der Waals surface area contributed by atoms with Gasteiger partial charge in [0.1, 0.15) is 5.82 Å². The molecule has 0 aliphatic heterocycles. The van der Waals surface area contributed by atoms with Crippen molar-refractivity contribution in [1.82, 2.24) is 19.3 Å². The van der Waals surface area contributed by atoms with Crippen molar-refractivity contribution in [2.45, 2.75) is 13.3 Å². The lowest BCUT2D eigenvalue weighted by Crippen LogP contribution is -2.38. The molecule has 0 bridgehead atoms. The first kappa shape index (κ1) is 14.1. The molecule has 7 nitrogen and oxygen atoms in total. The summed E-state index contributed by atoms with van der Waals surface area (Å²) in [5.41, 5.74) is 6.53. The third-order valence-corrected chi connectivity index (χ3v) is 2.99. The summed E-state index contributed by atoms with van der Waals surface area (Å²) in [6.07, 6.45) is 6.13. The van der Waals surface area contributed by atoms with E-state index in [1.807, 2.05) is 15.5 Å². The second kappa shape index (κ2) is 5.77. The topological polar surface area (TPSA) is 79.8 Å². The molecule has 0 aromatic carbocycles. The predicted octanol–water partition coefficient (Wildman–Crippen LogP) is 0.616. The first-order valence-corrected chi connectivity index (χ1v) is 6.57. The molecular formula is C13H20N6O. The lowest BCUT2D eigenvalue weighted by molar-refractivity contribution is -0.127. The minimum absolute atomic E-state index is 0.0207. The van der Waals surface area contributed by atoms with Crippen LogP contribution in [0.15, 0.2) is 18.6 Å². The van der Waals surface area contributed by atoms with Gasteiger partial charge in [0.15, 0.2) is 11.5 Å². The molecule has 0 aliphatic rings. The zero-order valence-electron chi connectivity index (χ0n) is 12.1. The Morgan fingerprint density at radius 2 is 2.20 bits per heavy atom. The average Bonchev–Trinajstić information content (AvgIpc) is 2.84. The molecule has 2 heterocycles. The Balaban J connectivity index is 2.40. The van der Waals surface area contributed by atoms with E-state index in [2.05, 4.69) is 16.9 Å². The minimum atomic E-state index is 0.0207. The van der Waals surface area contributed by atoms with Crippen LogP contribution < -0.4 is 10.6 Å². The molecule has 2 N–H and O–H groups in total. The molecule has 0 atom stereocenters. The Morgan fingerprint density at radius 1 is 1.45 bits per heavy atom. The summed E-state index contributed by atoms with van der Waals surface area (Å²) in [4.78, 5) is 24.1. The SMILES string of the molecule is CCCN(CC(=O)N(C)C)c1nc(N)cn2ccnc12. The molecule has 108 valence electrons. The van der Waals surface area contributed by atoms with E-state index in [9.17, 15) is 4.79 Å². The number of hydrogen-bond donors (Lipinski definition) is 1. The third-order valence-electron chi connectivity index (χ3n) is 2.99. The van der Waals surface area contributed by atoms with E-state index in [4.69, 9.17) is 5.73 Å². The van der Waals surface area contributed by atoms with Crippen molar-refractivity contribution in [2.24, 2.45) is 0 Å². The standard InChI is InChI=1S/C13H20N6O/c1-4-6-18(9-11(20)17(2)3)13-12-15-5-7-19(12)8-10(14)16-13/h5,7-8H,4,6,9,14H2,1-3H3. The average molecular weight is 276 g/mol. The maximum absolute atomic E-state index is 12.0. The molecule has 0 spiro atoms. The van der Waals surface area contributed by atoms with Crippen LogP contribution in [0.1, 0.15) is 13.3 Å². The summed E-state index contributed by atoms with van der Waals surface area (Å²) < 4.78 is 1.82. The van der Waals surface area contributed by atoms with E-state index < -0.39 is 0 Å². The molecule has 2 rings (SSSR count). The van der Waals surface area contributed by atoms with Gasteiger partial charge in [-0.15, -0.1) is 0 Å². The maximum atomic E-state index is 12.0. The van der Waals surface area contributed by atoms with Crippen molar-refractivity contribution in [2.75, 3.05) is 37.8 Å². The van der Waals surface area contributed by atoms with Crippen molar-refractivity contribution in [3.8, 4) is 0 Å². The van der Waals surface area contributed by atoms with Gasteiger partial charge in [-0.05, 0) is 6.42 Å². The molecule has 0 radical (unpaired) electrons. The van der Waals surface area contributed by atoms with Crippen LogP contribution in [-0.2, 0) is 4.79 Å². The molecule has 1 amide bonds. The summed E-state index contributed by atoms with van der Waals surface area (Å²) in [5.74, 6) is 1.07. The molecule has 2 aromatic heterocycles. The molecule has 2 aromatic rings. The van der Waals surface area contributed by atoms with Gasteiger partial charge in [-0.25, -0.2) is 9.97 Å². The fourth-order valence-electron chi connectivity index (χ4n) is 1.98. The van der Waals surface area contributed by atoms with Crippen LogP contribution >= 0.6 is 0 Å². The number of nitrogens with two attached hydrogens (primary N) is 1. The first-order chi connectivity index (χ1) is 9.52. The van der Waals surface area contributed by atoms with Gasteiger partial charge in [-0.2, -0.15) is 0 Å². The van der Waals surface area contributed by atoms with Gasteiger partial charge in [-0.1, -0.05) is 6.92 Å². The largest absolute Gasteiger partial charge is 0.382 e. The van der Waals surface area contributed by atoms with E-state index in [1.54, 1.807) is 31.4 Å². The number of carbonyl (C=O) groups excluding carboxylic acids is 1. The zero-order chi connectivity index (χ0) is 14.7. The lowest BCUT2D eigenvalue weighted by atomic mass is 10.3. The van der Waals surface area contributed by atoms with E-state index in [1.165, 1.54) is 0 Å². The number of hydrogen-bond acceptors (Lipinski definition) is 5. The quantitative estimate of drug-likeness (QED) is 0.865. The minimum Gasteiger partial charge on any atom is -0.382 e. The summed E-state index contributed by atoms with van der Waals surface area (Å²) in [6, 6.07) is 0. The third kappa shape index (κ3) is 2.81. The number of amides is 1. The summed E-state index contributed by atoms with van der Waals surface area (Å²) in [5, 5.41) is 0. The summed E-state index contributed by atoms with van der Waals surface area (Å²) >= 11 is 0. The number of nitrogens with zero attached hydrogens (tertiary/aromatic N) is 5. The molecule has 20 heavy (non-hydrogen) atoms. The van der Waals surface area contributed by atoms with Crippen molar-refractivity contribution in [3.63, 3.8) is 0 Å². The highest BCUT2D eigenvalue weighted by atomic mass is 16.2. The summed E-state index contributed by atoms with van der Waals surface area (Å²) in [7, 11) is 3.48. The highest BCUT2D eigenvalue weighted by molar-refractivity contribution is 5.82. The van der Waals surface area contributed by atoms with Crippen LogP contribution in [0, 0.1) is 0 Å². The highest BCUT2D eigenvalue weighted by Gasteiger charge is 2.17. The van der Waals surface area contributed by atoms with Crippen LogP contribution in [0.3, 0.4) is 0 Å². The molecule has 0 fully saturated rings. The van der Waals surface area contributed by atoms with Gasteiger partial charge in [0.25, 0.3) is 0 Å². The number of aromatic nitrogens is 3. The Kier molecular flexibility index (Phi) is 4.07. The Bertz CT molecular complexity index is 606. The molecule has 0 unspecified atom stereocenters. The number of nitrogen functional groups attached to an aromatic ring is 1. The van der Waals surface area contributed by atoms with Gasteiger partial charge in [-0.3, -0.25) is 4.79 Å². The first-order valence-electron chi connectivity index (χ1n) is 6.57. The van der Waals surface area contributed by atoms with E-state index in [0.29, 0.717) is 17.3 Å². The number of carbonyl (C=O) groups is 1. The molecule has 0 saturated heterocycles. The molecule has 7 heteroatoms. The number of fused-ring (bicyclic) bond motifs is 1. The van der Waals surface area contributed by atoms with Crippen molar-refractivity contribution in [1.29, 1.82) is 0 Å². The van der Waals surface area contributed by atoms with Gasteiger partial charge < -0.3 is 19.9 Å². The fraction of sp³-hybridized carbons (Fsp3) is 0.462. The molecular weight excluding hydrogens is 256 g/mol. The number of likely N-dealkylation sites (N-methyl/N-ethyl adjacent to an activating group) is 1. The van der Waals surface area contributed by atoms with Gasteiger partial charge >= 0.3 is 0 Å². The lowest BCUT2D eigenvalue weighted by Gasteiger charge is -2.24. The molecule has 0 saturated carbocycles. The number of rotatable bonds is 5. The van der Waals surface area contributed by atoms with Crippen LogP contribution in [0.2, 0.25) is 0 Å². The van der Waals surface area contributed by atoms with Crippen molar-refractivity contribution < 1.29 is 4.79 Å². The monoisotopic (exact) mass is 276 g/mol.